The Morgan fingerprint density at radius 2 is 1.94 bits per heavy atom. The fourth-order valence-electron chi connectivity index (χ4n) is 2.28. The lowest BCUT2D eigenvalue weighted by atomic mass is 10.0. The number of aryl methyl sites for hydroxylation is 1. The molecule has 2 aliphatic rings. The van der Waals surface area contributed by atoms with Gasteiger partial charge in [-0.3, -0.25) is 0 Å². The van der Waals surface area contributed by atoms with Crippen LogP contribution in [0.2, 0.25) is 0 Å². The van der Waals surface area contributed by atoms with Crippen LogP contribution in [0.1, 0.15) is 24.0 Å². The number of ether oxygens (including phenoxy) is 2. The standard InChI is InChI=1S/C13H13NO3/c1-9-2-3-10(13(4-5-13)14-8-15)12-11(9)16-6-7-17-12/h2-3H,4-7H2,1H3. The molecule has 3 rings (SSSR count). The predicted octanol–water partition coefficient (Wildman–Crippen LogP) is 2.09. The Bertz CT molecular complexity index is 514. The van der Waals surface area contributed by atoms with Crippen LogP contribution in [0.25, 0.3) is 0 Å². The minimum Gasteiger partial charge on any atom is -0.486 e. The Balaban J connectivity index is 2.15. The van der Waals surface area contributed by atoms with Crippen LogP contribution in [0.4, 0.5) is 0 Å². The second kappa shape index (κ2) is 3.60. The van der Waals surface area contributed by atoms with E-state index in [1.165, 1.54) is 0 Å². The number of hydrogen-bond acceptors (Lipinski definition) is 4. The van der Waals surface area contributed by atoms with Crippen LogP contribution in [-0.2, 0) is 10.3 Å². The minimum atomic E-state index is -0.403. The van der Waals surface area contributed by atoms with Gasteiger partial charge in [0.2, 0.25) is 6.08 Å². The van der Waals surface area contributed by atoms with E-state index in [0.29, 0.717) is 13.2 Å². The van der Waals surface area contributed by atoms with Crippen LogP contribution in [0.3, 0.4) is 0 Å². The summed E-state index contributed by atoms with van der Waals surface area (Å²) in [4.78, 5) is 14.4. The highest BCUT2D eigenvalue weighted by Crippen LogP contribution is 2.55. The maximum atomic E-state index is 10.5. The second-order valence-electron chi connectivity index (χ2n) is 4.52. The zero-order valence-electron chi connectivity index (χ0n) is 9.66. The van der Waals surface area contributed by atoms with Gasteiger partial charge in [0.15, 0.2) is 11.5 Å². The number of nitrogens with zero attached hydrogens (tertiary/aromatic N) is 1. The highest BCUT2D eigenvalue weighted by molar-refractivity contribution is 5.57. The van der Waals surface area contributed by atoms with Crippen molar-refractivity contribution in [2.75, 3.05) is 13.2 Å². The molecule has 4 nitrogen and oxygen atoms in total. The molecule has 0 N–H and O–H groups in total. The fourth-order valence-corrected chi connectivity index (χ4v) is 2.28. The van der Waals surface area contributed by atoms with E-state index < -0.39 is 5.54 Å². The monoisotopic (exact) mass is 231 g/mol. The van der Waals surface area contributed by atoms with E-state index in [1.54, 1.807) is 6.08 Å². The molecule has 1 aromatic carbocycles. The van der Waals surface area contributed by atoms with Gasteiger partial charge in [0.25, 0.3) is 0 Å². The van der Waals surface area contributed by atoms with Crippen LogP contribution in [0.5, 0.6) is 11.5 Å². The van der Waals surface area contributed by atoms with Gasteiger partial charge in [-0.15, -0.1) is 0 Å². The molecule has 0 radical (unpaired) electrons. The summed E-state index contributed by atoms with van der Waals surface area (Å²) < 4.78 is 11.3. The molecule has 0 bridgehead atoms. The van der Waals surface area contributed by atoms with Crippen molar-refractivity contribution in [1.82, 2.24) is 0 Å². The maximum absolute atomic E-state index is 10.5. The van der Waals surface area contributed by atoms with E-state index in [9.17, 15) is 4.79 Å². The molecule has 1 aliphatic heterocycles. The molecule has 88 valence electrons. The molecule has 17 heavy (non-hydrogen) atoms. The van der Waals surface area contributed by atoms with Crippen LogP contribution in [-0.4, -0.2) is 19.3 Å². The Labute approximate surface area is 99.3 Å². The predicted molar refractivity (Wildman–Crippen MR) is 61.2 cm³/mol. The average Bonchev–Trinajstić information content (AvgIpc) is 3.11. The number of benzene rings is 1. The number of fused-ring (bicyclic) bond motifs is 1. The summed E-state index contributed by atoms with van der Waals surface area (Å²) in [6.45, 7) is 3.10. The normalized spacial score (nSPS) is 19.4. The molecule has 4 heteroatoms. The van der Waals surface area contributed by atoms with Gasteiger partial charge in [0.1, 0.15) is 18.8 Å². The lowest BCUT2D eigenvalue weighted by molar-refractivity contribution is 0.167. The van der Waals surface area contributed by atoms with E-state index in [4.69, 9.17) is 9.47 Å². The van der Waals surface area contributed by atoms with Gasteiger partial charge in [-0.2, -0.15) is 4.99 Å². The number of rotatable bonds is 2. The Kier molecular flexibility index (Phi) is 2.20. The quantitative estimate of drug-likeness (QED) is 0.578. The number of carbonyl (C=O) groups excluding carboxylic acids is 1. The molecule has 0 atom stereocenters. The molecular formula is C13H13NO3. The maximum Gasteiger partial charge on any atom is 0.235 e. The van der Waals surface area contributed by atoms with Crippen molar-refractivity contribution in [3.63, 3.8) is 0 Å². The lowest BCUT2D eigenvalue weighted by Crippen LogP contribution is -2.19. The minimum absolute atomic E-state index is 0.403. The summed E-state index contributed by atoms with van der Waals surface area (Å²) in [6.07, 6.45) is 3.42. The molecule has 0 saturated heterocycles. The molecule has 1 aromatic rings. The SMILES string of the molecule is Cc1ccc(C2(N=C=O)CC2)c2c1OCCO2. The van der Waals surface area contributed by atoms with Gasteiger partial charge in [-0.1, -0.05) is 12.1 Å². The van der Waals surface area contributed by atoms with Crippen LogP contribution < -0.4 is 9.47 Å². The van der Waals surface area contributed by atoms with Gasteiger partial charge in [-0.05, 0) is 25.3 Å². The van der Waals surface area contributed by atoms with Crippen molar-refractivity contribution in [3.8, 4) is 11.5 Å². The summed E-state index contributed by atoms with van der Waals surface area (Å²) in [5.74, 6) is 1.55. The summed E-state index contributed by atoms with van der Waals surface area (Å²) in [5, 5.41) is 0. The molecule has 1 heterocycles. The number of isocyanates is 1. The smallest absolute Gasteiger partial charge is 0.235 e. The summed E-state index contributed by atoms with van der Waals surface area (Å²) >= 11 is 0. The number of hydrogen-bond donors (Lipinski definition) is 0. The third-order valence-corrected chi connectivity index (χ3v) is 3.37. The molecular weight excluding hydrogens is 218 g/mol. The molecule has 1 saturated carbocycles. The molecule has 0 spiro atoms. The van der Waals surface area contributed by atoms with Gasteiger partial charge < -0.3 is 9.47 Å². The summed E-state index contributed by atoms with van der Waals surface area (Å²) in [6, 6.07) is 3.97. The van der Waals surface area contributed by atoms with Crippen molar-refractivity contribution < 1.29 is 14.3 Å². The molecule has 0 amide bonds. The van der Waals surface area contributed by atoms with Gasteiger partial charge in [0, 0.05) is 5.56 Å². The van der Waals surface area contributed by atoms with Crippen molar-refractivity contribution in [3.05, 3.63) is 23.3 Å². The molecule has 0 aromatic heterocycles. The molecule has 0 unspecified atom stereocenters. The van der Waals surface area contributed by atoms with E-state index in [2.05, 4.69) is 4.99 Å². The Morgan fingerprint density at radius 1 is 1.24 bits per heavy atom. The Morgan fingerprint density at radius 3 is 2.59 bits per heavy atom. The van der Waals surface area contributed by atoms with Crippen LogP contribution >= 0.6 is 0 Å². The molecule has 1 fully saturated rings. The van der Waals surface area contributed by atoms with Gasteiger partial charge >= 0.3 is 0 Å². The van der Waals surface area contributed by atoms with E-state index in [1.807, 2.05) is 19.1 Å². The first-order chi connectivity index (χ1) is 8.27. The summed E-state index contributed by atoms with van der Waals surface area (Å²) in [7, 11) is 0. The fraction of sp³-hybridized carbons (Fsp3) is 0.462. The van der Waals surface area contributed by atoms with Crippen molar-refractivity contribution in [1.29, 1.82) is 0 Å². The first-order valence-corrected chi connectivity index (χ1v) is 5.75. The highest BCUT2D eigenvalue weighted by Gasteiger charge is 2.48. The lowest BCUT2D eigenvalue weighted by Gasteiger charge is -2.24. The summed E-state index contributed by atoms with van der Waals surface area (Å²) in [5.41, 5.74) is 1.61. The molecule has 1 aliphatic carbocycles. The van der Waals surface area contributed by atoms with Crippen molar-refractivity contribution >= 4 is 6.08 Å². The highest BCUT2D eigenvalue weighted by atomic mass is 16.6. The Hall–Kier alpha value is -1.80. The van der Waals surface area contributed by atoms with Gasteiger partial charge in [-0.25, -0.2) is 4.79 Å². The largest absolute Gasteiger partial charge is 0.486 e. The average molecular weight is 231 g/mol. The number of aliphatic imine (C=N–C) groups is 1. The zero-order valence-corrected chi connectivity index (χ0v) is 9.66. The van der Waals surface area contributed by atoms with Crippen LogP contribution in [0, 0.1) is 6.92 Å². The second-order valence-corrected chi connectivity index (χ2v) is 4.52. The van der Waals surface area contributed by atoms with Crippen molar-refractivity contribution in [2.45, 2.75) is 25.3 Å². The van der Waals surface area contributed by atoms with E-state index in [0.717, 1.165) is 35.5 Å². The van der Waals surface area contributed by atoms with Crippen molar-refractivity contribution in [2.24, 2.45) is 4.99 Å². The zero-order chi connectivity index (χ0) is 11.9. The third kappa shape index (κ3) is 1.53. The third-order valence-electron chi connectivity index (χ3n) is 3.37. The van der Waals surface area contributed by atoms with Gasteiger partial charge in [0.05, 0.1) is 0 Å². The van der Waals surface area contributed by atoms with E-state index >= 15 is 0 Å². The van der Waals surface area contributed by atoms with Crippen LogP contribution in [0.15, 0.2) is 17.1 Å². The van der Waals surface area contributed by atoms with E-state index in [-0.39, 0.29) is 0 Å². The topological polar surface area (TPSA) is 47.9 Å². The first-order valence-electron chi connectivity index (χ1n) is 5.75. The first kappa shape index (κ1) is 10.4.